The second kappa shape index (κ2) is 7.19. The molecule has 0 aliphatic rings. The third kappa shape index (κ3) is 5.56. The number of nitrogens with two attached hydrogens (primary N) is 1. The zero-order chi connectivity index (χ0) is 12.6. The number of rotatable bonds is 4. The SMILES string of the molecule is N[C@@H](CCO)C(=O)O.O=[N+]([O-])n1cnnn1. The summed E-state index contributed by atoms with van der Waals surface area (Å²) in [6.45, 7) is -0.173. The molecule has 0 aromatic carbocycles. The van der Waals surface area contributed by atoms with Gasteiger partial charge in [-0.05, 0) is 6.42 Å². The van der Waals surface area contributed by atoms with Gasteiger partial charge in [0.2, 0.25) is 11.5 Å². The highest BCUT2D eigenvalue weighted by Gasteiger charge is 2.08. The highest BCUT2D eigenvalue weighted by atomic mass is 16.7. The maximum absolute atomic E-state index is 9.85. The Kier molecular flexibility index (Phi) is 6.23. The van der Waals surface area contributed by atoms with Gasteiger partial charge in [0.25, 0.3) is 0 Å². The van der Waals surface area contributed by atoms with E-state index >= 15 is 0 Å². The van der Waals surface area contributed by atoms with Crippen LogP contribution in [0.15, 0.2) is 6.33 Å². The zero-order valence-corrected chi connectivity index (χ0v) is 8.00. The minimum atomic E-state index is -1.07. The van der Waals surface area contributed by atoms with Gasteiger partial charge in [-0.1, -0.05) is 5.10 Å². The molecule has 11 heteroatoms. The van der Waals surface area contributed by atoms with Crippen molar-refractivity contribution in [3.8, 4) is 0 Å². The van der Waals surface area contributed by atoms with Crippen LogP contribution in [0.25, 0.3) is 0 Å². The van der Waals surface area contributed by atoms with Gasteiger partial charge in [0.05, 0.1) is 9.82 Å². The minimum Gasteiger partial charge on any atom is -0.480 e. The Morgan fingerprint density at radius 2 is 2.31 bits per heavy atom. The van der Waals surface area contributed by atoms with Crippen LogP contribution in [0, 0.1) is 10.1 Å². The summed E-state index contributed by atoms with van der Waals surface area (Å²) in [5.74, 6) is -1.07. The number of aliphatic hydroxyl groups is 1. The fourth-order valence-electron chi connectivity index (χ4n) is 0.494. The van der Waals surface area contributed by atoms with Gasteiger partial charge in [-0.25, -0.2) is 0 Å². The van der Waals surface area contributed by atoms with Crippen LogP contribution in [0.1, 0.15) is 6.42 Å². The predicted molar refractivity (Wildman–Crippen MR) is 47.5 cm³/mol. The van der Waals surface area contributed by atoms with E-state index in [2.05, 4.69) is 15.5 Å². The number of carbonyl (C=O) groups is 1. The number of hydrogen-bond acceptors (Lipinski definition) is 8. The lowest BCUT2D eigenvalue weighted by Crippen LogP contribution is -2.30. The van der Waals surface area contributed by atoms with Crippen molar-refractivity contribution < 1.29 is 20.0 Å². The van der Waals surface area contributed by atoms with E-state index in [-0.39, 0.29) is 13.0 Å². The van der Waals surface area contributed by atoms with E-state index in [1.54, 1.807) is 0 Å². The van der Waals surface area contributed by atoms with Crippen LogP contribution in [0.3, 0.4) is 0 Å². The first-order valence-corrected chi connectivity index (χ1v) is 3.96. The van der Waals surface area contributed by atoms with Crippen LogP contribution in [0.2, 0.25) is 0 Å². The van der Waals surface area contributed by atoms with Gasteiger partial charge in [-0.15, -0.1) is 0 Å². The van der Waals surface area contributed by atoms with Crippen molar-refractivity contribution in [2.75, 3.05) is 6.61 Å². The van der Waals surface area contributed by atoms with E-state index in [1.165, 1.54) is 0 Å². The third-order valence-electron chi connectivity index (χ3n) is 1.26. The third-order valence-corrected chi connectivity index (χ3v) is 1.26. The lowest BCUT2D eigenvalue weighted by Gasteiger charge is -2.00. The summed E-state index contributed by atoms with van der Waals surface area (Å²) >= 11 is 0. The summed E-state index contributed by atoms with van der Waals surface area (Å²) in [4.78, 5) is 20.0. The molecule has 0 bridgehead atoms. The molecule has 0 radical (unpaired) electrons. The number of aliphatic hydroxyl groups excluding tert-OH is 1. The molecule has 0 saturated heterocycles. The fraction of sp³-hybridized carbons (Fsp3) is 0.600. The number of aliphatic carboxylic acids is 1. The summed E-state index contributed by atoms with van der Waals surface area (Å²) in [6.07, 6.45) is 1.02. The maximum Gasteiger partial charge on any atom is 0.320 e. The van der Waals surface area contributed by atoms with E-state index in [4.69, 9.17) is 15.9 Å². The molecule has 1 heterocycles. The van der Waals surface area contributed by atoms with Crippen molar-refractivity contribution in [2.24, 2.45) is 5.73 Å². The van der Waals surface area contributed by atoms with Crippen LogP contribution in [-0.2, 0) is 4.79 Å². The second-order valence-electron chi connectivity index (χ2n) is 2.43. The van der Waals surface area contributed by atoms with E-state index in [9.17, 15) is 14.9 Å². The van der Waals surface area contributed by atoms with Crippen molar-refractivity contribution in [2.45, 2.75) is 12.5 Å². The van der Waals surface area contributed by atoms with Gasteiger partial charge in [-0.2, -0.15) is 0 Å². The summed E-state index contributed by atoms with van der Waals surface area (Å²) in [7, 11) is 0. The lowest BCUT2D eigenvalue weighted by atomic mass is 10.2. The fourth-order valence-corrected chi connectivity index (χ4v) is 0.494. The van der Waals surface area contributed by atoms with Crippen LogP contribution in [-0.4, -0.2) is 54.2 Å². The predicted octanol–water partition coefficient (Wildman–Crippen LogP) is -2.51. The quantitative estimate of drug-likeness (QED) is 0.376. The zero-order valence-electron chi connectivity index (χ0n) is 8.00. The van der Waals surface area contributed by atoms with Crippen molar-refractivity contribution in [1.82, 2.24) is 20.3 Å². The Labute approximate surface area is 88.6 Å². The summed E-state index contributed by atoms with van der Waals surface area (Å²) in [6, 6.07) is -0.917. The molecule has 0 fully saturated rings. The molecule has 0 saturated carbocycles. The molecule has 0 spiro atoms. The van der Waals surface area contributed by atoms with Crippen LogP contribution >= 0.6 is 0 Å². The summed E-state index contributed by atoms with van der Waals surface area (Å²) < 4.78 is 0. The molecule has 0 aliphatic carbocycles. The van der Waals surface area contributed by atoms with E-state index in [0.717, 1.165) is 6.33 Å². The van der Waals surface area contributed by atoms with Crippen LogP contribution in [0.5, 0.6) is 0 Å². The Bertz CT molecular complexity index is 326. The molecule has 1 rings (SSSR count). The number of nitrogens with zero attached hydrogens (tertiary/aromatic N) is 5. The average Bonchev–Trinajstić information content (AvgIpc) is 2.71. The molecular weight excluding hydrogens is 224 g/mol. The van der Waals surface area contributed by atoms with Crippen molar-refractivity contribution >= 4 is 5.97 Å². The first-order chi connectivity index (χ1) is 7.49. The summed E-state index contributed by atoms with van der Waals surface area (Å²) in [5, 5.41) is 34.2. The van der Waals surface area contributed by atoms with E-state index in [1.807, 2.05) is 0 Å². The first kappa shape index (κ1) is 13.9. The Balaban J connectivity index is 0.000000281. The summed E-state index contributed by atoms with van der Waals surface area (Å²) in [5.41, 5.74) is 4.97. The highest BCUT2D eigenvalue weighted by Crippen LogP contribution is 1.83. The molecule has 11 nitrogen and oxygen atoms in total. The van der Waals surface area contributed by atoms with Gasteiger partial charge in [0, 0.05) is 6.61 Å². The van der Waals surface area contributed by atoms with Gasteiger partial charge in [-0.3, -0.25) is 4.79 Å². The van der Waals surface area contributed by atoms with Crippen molar-refractivity contribution in [3.63, 3.8) is 0 Å². The number of aromatic nitrogens is 4. The number of nitro groups is 1. The Morgan fingerprint density at radius 3 is 2.50 bits per heavy atom. The molecule has 0 aliphatic heterocycles. The van der Waals surface area contributed by atoms with Crippen molar-refractivity contribution in [1.29, 1.82) is 0 Å². The van der Waals surface area contributed by atoms with Crippen LogP contribution in [0.4, 0.5) is 0 Å². The molecule has 16 heavy (non-hydrogen) atoms. The molecule has 90 valence electrons. The lowest BCUT2D eigenvalue weighted by molar-refractivity contribution is -0.553. The van der Waals surface area contributed by atoms with Gasteiger partial charge >= 0.3 is 5.97 Å². The number of carboxylic acids is 1. The number of tetrazole rings is 1. The monoisotopic (exact) mass is 234 g/mol. The standard InChI is InChI=1S/C4H9NO3.CHN5O2/c5-3(1-2-6)4(7)8;7-6(8)5-1-2-3-4-5/h3,6H,1-2,5H2,(H,7,8);1H/t3-;/m0./s1. The van der Waals surface area contributed by atoms with E-state index in [0.29, 0.717) is 4.79 Å². The topological polar surface area (TPSA) is 170 Å². The molecule has 0 amide bonds. The molecule has 1 aromatic rings. The number of carboxylic acid groups (broad SMARTS) is 1. The highest BCUT2D eigenvalue weighted by molar-refractivity contribution is 5.72. The Hall–Kier alpha value is -2.14. The molecule has 4 N–H and O–H groups in total. The van der Waals surface area contributed by atoms with E-state index < -0.39 is 17.0 Å². The van der Waals surface area contributed by atoms with Gasteiger partial charge in [0.15, 0.2) is 0 Å². The largest absolute Gasteiger partial charge is 0.480 e. The first-order valence-electron chi connectivity index (χ1n) is 3.96. The average molecular weight is 234 g/mol. The van der Waals surface area contributed by atoms with Crippen LogP contribution < -0.4 is 5.73 Å². The Morgan fingerprint density at radius 1 is 1.69 bits per heavy atom. The van der Waals surface area contributed by atoms with Gasteiger partial charge < -0.3 is 26.1 Å². The number of hydrogen-bond donors (Lipinski definition) is 3. The second-order valence-corrected chi connectivity index (χ2v) is 2.43. The molecule has 1 atom stereocenters. The normalized spacial score (nSPS) is 11.1. The minimum absolute atomic E-state index is 0.120. The smallest absolute Gasteiger partial charge is 0.320 e. The molecule has 1 aromatic heterocycles. The van der Waals surface area contributed by atoms with Crippen molar-refractivity contribution in [3.05, 3.63) is 16.4 Å². The molecule has 0 unspecified atom stereocenters. The molecular formula is C5H10N6O5. The maximum atomic E-state index is 9.85. The van der Waals surface area contributed by atoms with Gasteiger partial charge in [0.1, 0.15) is 11.3 Å².